The molecule has 0 spiro atoms. The van der Waals surface area contributed by atoms with E-state index >= 15 is 0 Å². The number of urea groups is 1. The van der Waals surface area contributed by atoms with Crippen LogP contribution in [0.15, 0.2) is 42.5 Å². The maximum Gasteiger partial charge on any atom is 0.325 e. The zero-order valence-corrected chi connectivity index (χ0v) is 17.0. The number of carbonyl (C=O) groups excluding carboxylic acids is 3. The van der Waals surface area contributed by atoms with Crippen LogP contribution < -0.4 is 5.32 Å². The number of aryl methyl sites for hydroxylation is 2. The summed E-state index contributed by atoms with van der Waals surface area (Å²) in [6, 6.07) is 12.6. The molecular weight excluding hydrogens is 352 g/mol. The van der Waals surface area contributed by atoms with Crippen LogP contribution in [0.4, 0.5) is 4.79 Å². The summed E-state index contributed by atoms with van der Waals surface area (Å²) in [7, 11) is 0. The fourth-order valence-electron chi connectivity index (χ4n) is 3.59. The highest BCUT2D eigenvalue weighted by Crippen LogP contribution is 2.30. The van der Waals surface area contributed by atoms with Gasteiger partial charge in [-0.2, -0.15) is 0 Å². The molecule has 3 amide bonds. The van der Waals surface area contributed by atoms with Crippen LogP contribution >= 0.6 is 0 Å². The zero-order valence-electron chi connectivity index (χ0n) is 17.0. The molecule has 1 aliphatic heterocycles. The lowest BCUT2D eigenvalue weighted by molar-refractivity contribution is -0.130. The normalized spacial score (nSPS) is 19.3. The zero-order chi connectivity index (χ0) is 20.6. The predicted molar refractivity (Wildman–Crippen MR) is 108 cm³/mol. The number of amides is 3. The molecule has 0 unspecified atom stereocenters. The molecule has 2 aromatic carbocycles. The van der Waals surface area contributed by atoms with E-state index in [-0.39, 0.29) is 12.3 Å². The first-order chi connectivity index (χ1) is 13.1. The lowest BCUT2D eigenvalue weighted by atomic mass is 9.90. The Morgan fingerprint density at radius 1 is 1.07 bits per heavy atom. The molecule has 1 atom stereocenters. The van der Waals surface area contributed by atoms with Gasteiger partial charge in [-0.15, -0.1) is 0 Å². The molecule has 1 N–H and O–H groups in total. The summed E-state index contributed by atoms with van der Waals surface area (Å²) >= 11 is 0. The number of carbonyl (C=O) groups is 3. The van der Waals surface area contributed by atoms with E-state index in [2.05, 4.69) is 19.2 Å². The standard InChI is InChI=1S/C23H26N2O3/c1-14(2)17-7-9-18(10-8-17)23(5)21(27)25(22(28)24-23)13-20(26)19-11-6-15(3)12-16(19)4/h6-12,14H,13H2,1-5H3,(H,24,28)/t23-/m0/s1. The molecule has 1 heterocycles. The minimum atomic E-state index is -1.17. The smallest absolute Gasteiger partial charge is 0.319 e. The molecule has 0 bridgehead atoms. The van der Waals surface area contributed by atoms with Crippen LogP contribution in [0.2, 0.25) is 0 Å². The van der Waals surface area contributed by atoms with Crippen molar-refractivity contribution >= 4 is 17.7 Å². The number of ketones is 1. The first kappa shape index (κ1) is 19.8. The van der Waals surface area contributed by atoms with Gasteiger partial charge < -0.3 is 5.32 Å². The molecular formula is C23H26N2O3. The second-order valence-corrected chi connectivity index (χ2v) is 7.96. The average Bonchev–Trinajstić information content (AvgIpc) is 2.85. The molecule has 5 heteroatoms. The van der Waals surface area contributed by atoms with Crippen LogP contribution in [0.5, 0.6) is 0 Å². The van der Waals surface area contributed by atoms with Crippen molar-refractivity contribution in [3.8, 4) is 0 Å². The molecule has 2 aromatic rings. The molecule has 3 rings (SSSR count). The van der Waals surface area contributed by atoms with E-state index < -0.39 is 17.5 Å². The quantitative estimate of drug-likeness (QED) is 0.630. The van der Waals surface area contributed by atoms with Crippen molar-refractivity contribution in [2.24, 2.45) is 0 Å². The Morgan fingerprint density at radius 3 is 2.29 bits per heavy atom. The molecule has 0 saturated carbocycles. The summed E-state index contributed by atoms with van der Waals surface area (Å²) in [5.74, 6) is -0.282. The van der Waals surface area contributed by atoms with E-state index in [1.807, 2.05) is 50.2 Å². The van der Waals surface area contributed by atoms with Crippen LogP contribution in [-0.2, 0) is 10.3 Å². The summed E-state index contributed by atoms with van der Waals surface area (Å²) < 4.78 is 0. The summed E-state index contributed by atoms with van der Waals surface area (Å²) in [5, 5.41) is 2.76. The summed E-state index contributed by atoms with van der Waals surface area (Å²) in [6.45, 7) is 9.41. The number of nitrogens with zero attached hydrogens (tertiary/aromatic N) is 1. The van der Waals surface area contributed by atoms with Crippen LogP contribution in [0.1, 0.15) is 59.3 Å². The fourth-order valence-corrected chi connectivity index (χ4v) is 3.59. The number of imide groups is 1. The largest absolute Gasteiger partial charge is 0.325 e. The van der Waals surface area contributed by atoms with E-state index in [1.165, 1.54) is 0 Å². The molecule has 28 heavy (non-hydrogen) atoms. The summed E-state index contributed by atoms with van der Waals surface area (Å²) in [5.41, 5.74) is 3.12. The van der Waals surface area contributed by atoms with Crippen molar-refractivity contribution in [2.75, 3.05) is 6.54 Å². The number of hydrogen-bond acceptors (Lipinski definition) is 3. The third-order valence-electron chi connectivity index (χ3n) is 5.41. The number of benzene rings is 2. The third-order valence-corrected chi connectivity index (χ3v) is 5.41. The minimum Gasteiger partial charge on any atom is -0.319 e. The second kappa shape index (κ2) is 7.23. The van der Waals surface area contributed by atoms with Crippen molar-refractivity contribution in [2.45, 2.75) is 46.1 Å². The van der Waals surface area contributed by atoms with Crippen LogP contribution in [0.3, 0.4) is 0 Å². The first-order valence-electron chi connectivity index (χ1n) is 9.48. The molecule has 0 radical (unpaired) electrons. The van der Waals surface area contributed by atoms with Crippen molar-refractivity contribution < 1.29 is 14.4 Å². The van der Waals surface area contributed by atoms with Gasteiger partial charge in [-0.3, -0.25) is 14.5 Å². The molecule has 1 saturated heterocycles. The lowest BCUT2D eigenvalue weighted by Crippen LogP contribution is -2.41. The van der Waals surface area contributed by atoms with Crippen LogP contribution in [0.25, 0.3) is 0 Å². The van der Waals surface area contributed by atoms with Crippen molar-refractivity contribution in [3.05, 3.63) is 70.3 Å². The van der Waals surface area contributed by atoms with Gasteiger partial charge in [0.05, 0.1) is 6.54 Å². The Balaban J connectivity index is 1.83. The van der Waals surface area contributed by atoms with Gasteiger partial charge in [0, 0.05) is 5.56 Å². The van der Waals surface area contributed by atoms with E-state index in [0.717, 1.165) is 21.6 Å². The molecule has 0 aromatic heterocycles. The van der Waals surface area contributed by atoms with E-state index in [4.69, 9.17) is 0 Å². The van der Waals surface area contributed by atoms with E-state index in [1.54, 1.807) is 13.0 Å². The predicted octanol–water partition coefficient (Wildman–Crippen LogP) is 4.08. The second-order valence-electron chi connectivity index (χ2n) is 7.96. The van der Waals surface area contributed by atoms with Gasteiger partial charge in [-0.1, -0.05) is 61.9 Å². The Labute approximate surface area is 165 Å². The lowest BCUT2D eigenvalue weighted by Gasteiger charge is -2.23. The SMILES string of the molecule is Cc1ccc(C(=O)CN2C(=O)N[C@@](C)(c3ccc(C(C)C)cc3)C2=O)c(C)c1. The third kappa shape index (κ3) is 3.44. The summed E-state index contributed by atoms with van der Waals surface area (Å²) in [6.07, 6.45) is 0. The topological polar surface area (TPSA) is 66.5 Å². The maximum absolute atomic E-state index is 13.1. The Morgan fingerprint density at radius 2 is 1.71 bits per heavy atom. The highest BCUT2D eigenvalue weighted by atomic mass is 16.2. The highest BCUT2D eigenvalue weighted by molar-refractivity contribution is 6.11. The van der Waals surface area contributed by atoms with Gasteiger partial charge in [-0.05, 0) is 43.4 Å². The Kier molecular flexibility index (Phi) is 5.11. The van der Waals surface area contributed by atoms with Gasteiger partial charge in [0.15, 0.2) is 5.78 Å². The minimum absolute atomic E-state index is 0.250. The van der Waals surface area contributed by atoms with Crippen molar-refractivity contribution in [3.63, 3.8) is 0 Å². The van der Waals surface area contributed by atoms with Gasteiger partial charge in [-0.25, -0.2) is 4.79 Å². The number of nitrogens with one attached hydrogen (secondary N) is 1. The van der Waals surface area contributed by atoms with Crippen molar-refractivity contribution in [1.82, 2.24) is 10.2 Å². The summed E-state index contributed by atoms with van der Waals surface area (Å²) in [4.78, 5) is 39.3. The monoisotopic (exact) mass is 378 g/mol. The van der Waals surface area contributed by atoms with Gasteiger partial charge in [0.1, 0.15) is 5.54 Å². The average molecular weight is 378 g/mol. The van der Waals surface area contributed by atoms with E-state index in [9.17, 15) is 14.4 Å². The molecule has 5 nitrogen and oxygen atoms in total. The molecule has 1 fully saturated rings. The van der Waals surface area contributed by atoms with Crippen LogP contribution in [0, 0.1) is 13.8 Å². The molecule has 1 aliphatic rings. The Bertz CT molecular complexity index is 947. The first-order valence-corrected chi connectivity index (χ1v) is 9.48. The van der Waals surface area contributed by atoms with E-state index in [0.29, 0.717) is 17.0 Å². The van der Waals surface area contributed by atoms with Gasteiger partial charge >= 0.3 is 6.03 Å². The van der Waals surface area contributed by atoms with Gasteiger partial charge in [0.25, 0.3) is 5.91 Å². The van der Waals surface area contributed by atoms with Crippen LogP contribution in [-0.4, -0.2) is 29.2 Å². The maximum atomic E-state index is 13.1. The molecule has 146 valence electrons. The number of rotatable bonds is 5. The van der Waals surface area contributed by atoms with Gasteiger partial charge in [0.2, 0.25) is 0 Å². The molecule has 0 aliphatic carbocycles. The number of Topliss-reactive ketones (excluding diaryl/α,β-unsaturated/α-hetero) is 1. The highest BCUT2D eigenvalue weighted by Gasteiger charge is 2.49. The Hall–Kier alpha value is -2.95. The van der Waals surface area contributed by atoms with Crippen molar-refractivity contribution in [1.29, 1.82) is 0 Å². The fraction of sp³-hybridized carbons (Fsp3) is 0.348. The number of hydrogen-bond donors (Lipinski definition) is 1.